The van der Waals surface area contributed by atoms with Crippen molar-refractivity contribution in [3.63, 3.8) is 0 Å². The van der Waals surface area contributed by atoms with Gasteiger partial charge in [0, 0.05) is 18.8 Å². The maximum atomic E-state index is 12.3. The molecule has 0 atom stereocenters. The van der Waals surface area contributed by atoms with Crippen LogP contribution in [0.2, 0.25) is 0 Å². The van der Waals surface area contributed by atoms with Gasteiger partial charge in [-0.25, -0.2) is 8.78 Å². The van der Waals surface area contributed by atoms with Crippen molar-refractivity contribution < 1.29 is 8.78 Å². The fourth-order valence-corrected chi connectivity index (χ4v) is 1.05. The predicted octanol–water partition coefficient (Wildman–Crippen LogP) is 2.09. The number of hydrogen-bond donors (Lipinski definition) is 0. The third-order valence-electron chi connectivity index (χ3n) is 1.51. The first-order valence-corrected chi connectivity index (χ1v) is 3.56. The average Bonchev–Trinajstić information content (AvgIpc) is 2.32. The Hall–Kier alpha value is -1.19. The molecule has 2 nitrogen and oxygen atoms in total. The molecule has 12 heavy (non-hydrogen) atoms. The van der Waals surface area contributed by atoms with E-state index in [0.717, 1.165) is 0 Å². The summed E-state index contributed by atoms with van der Waals surface area (Å²) < 4.78 is 25.9. The van der Waals surface area contributed by atoms with Gasteiger partial charge >= 0.3 is 0 Å². The second-order valence-corrected chi connectivity index (χ2v) is 2.51. The molecule has 1 aromatic rings. The average molecular weight is 172 g/mol. The van der Waals surface area contributed by atoms with Crippen LogP contribution in [0.5, 0.6) is 0 Å². The van der Waals surface area contributed by atoms with E-state index in [2.05, 4.69) is 11.7 Å². The molecule has 0 aliphatic heterocycles. The van der Waals surface area contributed by atoms with E-state index in [9.17, 15) is 8.78 Å². The highest BCUT2D eigenvalue weighted by Crippen LogP contribution is 2.21. The molecule has 0 unspecified atom stereocenters. The fraction of sp³-hybridized carbons (Fsp3) is 0.375. The van der Waals surface area contributed by atoms with E-state index in [1.807, 2.05) is 0 Å². The first-order chi connectivity index (χ1) is 5.65. The quantitative estimate of drug-likeness (QED) is 0.638. The lowest BCUT2D eigenvalue weighted by Gasteiger charge is -1.95. The van der Waals surface area contributed by atoms with Gasteiger partial charge in [-0.2, -0.15) is 5.10 Å². The maximum absolute atomic E-state index is 12.3. The van der Waals surface area contributed by atoms with Crippen LogP contribution < -0.4 is 0 Å². The molecular weight excluding hydrogens is 162 g/mol. The van der Waals surface area contributed by atoms with E-state index in [0.29, 0.717) is 12.0 Å². The van der Waals surface area contributed by atoms with Crippen LogP contribution in [0.4, 0.5) is 8.78 Å². The van der Waals surface area contributed by atoms with Gasteiger partial charge < -0.3 is 0 Å². The predicted molar refractivity (Wildman–Crippen MR) is 42.1 cm³/mol. The molecule has 0 aliphatic rings. The summed E-state index contributed by atoms with van der Waals surface area (Å²) in [7, 11) is 1.62. The minimum absolute atomic E-state index is 0.141. The van der Waals surface area contributed by atoms with Crippen molar-refractivity contribution in [1.82, 2.24) is 9.78 Å². The van der Waals surface area contributed by atoms with Crippen molar-refractivity contribution in [2.45, 2.75) is 12.8 Å². The molecule has 0 fully saturated rings. The summed E-state index contributed by atoms with van der Waals surface area (Å²) in [6, 6.07) is 0. The van der Waals surface area contributed by atoms with Crippen molar-refractivity contribution in [3.05, 3.63) is 30.1 Å². The summed E-state index contributed by atoms with van der Waals surface area (Å²) in [4.78, 5) is 0. The molecular formula is C8H10F2N2. The molecule has 66 valence electrons. The summed E-state index contributed by atoms with van der Waals surface area (Å²) in [6.45, 7) is 3.48. The Labute approximate surface area is 69.5 Å². The van der Waals surface area contributed by atoms with Gasteiger partial charge in [0.1, 0.15) is 5.69 Å². The van der Waals surface area contributed by atoms with E-state index in [4.69, 9.17) is 0 Å². The molecule has 1 rings (SSSR count). The van der Waals surface area contributed by atoms with Crippen molar-refractivity contribution in [1.29, 1.82) is 0 Å². The smallest absolute Gasteiger partial charge is 0.275 e. The van der Waals surface area contributed by atoms with Crippen LogP contribution in [0, 0.1) is 0 Å². The monoisotopic (exact) mass is 172 g/mol. The zero-order valence-corrected chi connectivity index (χ0v) is 6.80. The van der Waals surface area contributed by atoms with Crippen LogP contribution in [0.3, 0.4) is 0 Å². The summed E-state index contributed by atoms with van der Waals surface area (Å²) in [5, 5.41) is 3.65. The van der Waals surface area contributed by atoms with Gasteiger partial charge in [-0.05, 0) is 6.42 Å². The third-order valence-corrected chi connectivity index (χ3v) is 1.51. The van der Waals surface area contributed by atoms with Gasteiger partial charge in [-0.1, -0.05) is 6.08 Å². The number of allylic oxidation sites excluding steroid dienone is 1. The van der Waals surface area contributed by atoms with Crippen molar-refractivity contribution in [2.24, 2.45) is 7.05 Å². The van der Waals surface area contributed by atoms with E-state index >= 15 is 0 Å². The van der Waals surface area contributed by atoms with Crippen LogP contribution in [0.1, 0.15) is 17.7 Å². The van der Waals surface area contributed by atoms with E-state index < -0.39 is 6.43 Å². The van der Waals surface area contributed by atoms with Crippen LogP contribution in [-0.2, 0) is 13.5 Å². The SMILES string of the molecule is C=CCc1cn(C)nc1C(F)F. The Balaban J connectivity index is 2.99. The van der Waals surface area contributed by atoms with Gasteiger partial charge in [-0.15, -0.1) is 6.58 Å². The summed E-state index contributed by atoms with van der Waals surface area (Å²) in [5.74, 6) is 0. The number of rotatable bonds is 3. The number of aryl methyl sites for hydroxylation is 1. The number of hydrogen-bond acceptors (Lipinski definition) is 1. The normalized spacial score (nSPS) is 10.7. The summed E-state index contributed by atoms with van der Waals surface area (Å²) >= 11 is 0. The molecule has 0 amide bonds. The molecule has 0 aliphatic carbocycles. The maximum Gasteiger partial charge on any atom is 0.282 e. The van der Waals surface area contributed by atoms with E-state index in [1.54, 1.807) is 19.3 Å². The molecule has 1 heterocycles. The van der Waals surface area contributed by atoms with Crippen LogP contribution in [-0.4, -0.2) is 9.78 Å². The first-order valence-electron chi connectivity index (χ1n) is 3.56. The number of aromatic nitrogens is 2. The third kappa shape index (κ3) is 1.69. The Morgan fingerprint density at radius 3 is 2.92 bits per heavy atom. The lowest BCUT2D eigenvalue weighted by atomic mass is 10.2. The van der Waals surface area contributed by atoms with E-state index in [-0.39, 0.29) is 5.69 Å². The zero-order valence-electron chi connectivity index (χ0n) is 6.80. The molecule has 0 spiro atoms. The van der Waals surface area contributed by atoms with Crippen LogP contribution >= 0.6 is 0 Å². The number of nitrogens with zero attached hydrogens (tertiary/aromatic N) is 2. The molecule has 0 N–H and O–H groups in total. The molecule has 0 aromatic carbocycles. The van der Waals surface area contributed by atoms with Gasteiger partial charge in [0.05, 0.1) is 0 Å². The van der Waals surface area contributed by atoms with Gasteiger partial charge in [0.2, 0.25) is 0 Å². The van der Waals surface area contributed by atoms with Crippen molar-refractivity contribution >= 4 is 0 Å². The second kappa shape index (κ2) is 3.47. The lowest BCUT2D eigenvalue weighted by molar-refractivity contribution is 0.144. The molecule has 0 radical (unpaired) electrons. The Bertz CT molecular complexity index is 279. The van der Waals surface area contributed by atoms with Gasteiger partial charge in [-0.3, -0.25) is 4.68 Å². The van der Waals surface area contributed by atoms with Crippen molar-refractivity contribution in [2.75, 3.05) is 0 Å². The summed E-state index contributed by atoms with van der Waals surface area (Å²) in [5.41, 5.74) is 0.403. The first kappa shape index (κ1) is 8.90. The second-order valence-electron chi connectivity index (χ2n) is 2.51. The standard InChI is InChI=1S/C8H10F2N2/c1-3-4-6-5-12(2)11-7(6)8(9)10/h3,5,8H,1,4H2,2H3. The molecule has 4 heteroatoms. The number of alkyl halides is 2. The van der Waals surface area contributed by atoms with Gasteiger partial charge in [0.15, 0.2) is 0 Å². The molecule has 0 bridgehead atoms. The number of halogens is 2. The molecule has 0 saturated heterocycles. The van der Waals surface area contributed by atoms with Gasteiger partial charge in [0.25, 0.3) is 6.43 Å². The topological polar surface area (TPSA) is 17.8 Å². The summed E-state index contributed by atoms with van der Waals surface area (Å²) in [6.07, 6.45) is 1.11. The Morgan fingerprint density at radius 1 is 1.75 bits per heavy atom. The van der Waals surface area contributed by atoms with E-state index in [1.165, 1.54) is 4.68 Å². The minimum atomic E-state index is -2.50. The van der Waals surface area contributed by atoms with Crippen molar-refractivity contribution in [3.8, 4) is 0 Å². The molecule has 1 aromatic heterocycles. The zero-order chi connectivity index (χ0) is 9.14. The Morgan fingerprint density at radius 2 is 2.42 bits per heavy atom. The highest BCUT2D eigenvalue weighted by Gasteiger charge is 2.15. The Kier molecular flexibility index (Phi) is 2.58. The minimum Gasteiger partial charge on any atom is -0.275 e. The lowest BCUT2D eigenvalue weighted by Crippen LogP contribution is -1.92. The highest BCUT2D eigenvalue weighted by molar-refractivity contribution is 5.20. The highest BCUT2D eigenvalue weighted by atomic mass is 19.3. The fourth-order valence-electron chi connectivity index (χ4n) is 1.05. The van der Waals surface area contributed by atoms with Crippen LogP contribution in [0.25, 0.3) is 0 Å². The molecule has 0 saturated carbocycles. The largest absolute Gasteiger partial charge is 0.282 e. The van der Waals surface area contributed by atoms with Crippen LogP contribution in [0.15, 0.2) is 18.9 Å².